The highest BCUT2D eigenvalue weighted by atomic mass is 16.3. The van der Waals surface area contributed by atoms with Gasteiger partial charge in [0.05, 0.1) is 5.69 Å². The SMILES string of the molecule is c1ccc(-c2nc3ccc4ccc5cc(-c6cccc(N(c7ccccc7)c7ccc(-c8ccccc8)c8ccccc78)c6)c6ccccc6c5c4c3o2)cc1. The third-order valence-electron chi connectivity index (χ3n) is 11.0. The van der Waals surface area contributed by atoms with Crippen LogP contribution in [0.4, 0.5) is 17.1 Å². The third-order valence-corrected chi connectivity index (χ3v) is 11.0. The highest BCUT2D eigenvalue weighted by molar-refractivity contribution is 6.28. The molecule has 0 unspecified atom stereocenters. The van der Waals surface area contributed by atoms with Crippen LogP contribution in [0.25, 0.3) is 87.9 Å². The number of oxazole rings is 1. The first-order valence-electron chi connectivity index (χ1n) is 19.0. The minimum atomic E-state index is 0.633. The van der Waals surface area contributed by atoms with E-state index in [1.165, 1.54) is 43.6 Å². The minimum absolute atomic E-state index is 0.633. The Morgan fingerprint density at radius 1 is 0.375 bits per heavy atom. The molecule has 0 radical (unpaired) electrons. The lowest BCUT2D eigenvalue weighted by Crippen LogP contribution is -2.10. The molecule has 0 spiro atoms. The maximum absolute atomic E-state index is 6.61. The highest BCUT2D eigenvalue weighted by Gasteiger charge is 2.20. The van der Waals surface area contributed by atoms with Gasteiger partial charge in [-0.05, 0) is 104 Å². The van der Waals surface area contributed by atoms with Crippen LogP contribution in [0.3, 0.4) is 0 Å². The third kappa shape index (κ3) is 5.25. The Labute approximate surface area is 324 Å². The fourth-order valence-corrected chi connectivity index (χ4v) is 8.50. The van der Waals surface area contributed by atoms with E-state index in [9.17, 15) is 0 Å². The molecule has 0 N–H and O–H groups in total. The van der Waals surface area contributed by atoms with Crippen LogP contribution < -0.4 is 4.90 Å². The van der Waals surface area contributed by atoms with Crippen molar-refractivity contribution in [2.45, 2.75) is 0 Å². The van der Waals surface area contributed by atoms with Gasteiger partial charge in [-0.15, -0.1) is 0 Å². The van der Waals surface area contributed by atoms with Crippen LogP contribution in [0.5, 0.6) is 0 Å². The second-order valence-corrected chi connectivity index (χ2v) is 14.3. The zero-order valence-electron chi connectivity index (χ0n) is 30.4. The van der Waals surface area contributed by atoms with Gasteiger partial charge in [0.15, 0.2) is 5.58 Å². The quantitative estimate of drug-likeness (QED) is 0.161. The smallest absolute Gasteiger partial charge is 0.227 e. The number of benzene rings is 10. The molecule has 0 aliphatic rings. The highest BCUT2D eigenvalue weighted by Crippen LogP contribution is 2.45. The van der Waals surface area contributed by atoms with Gasteiger partial charge in [-0.1, -0.05) is 152 Å². The molecule has 0 aliphatic carbocycles. The van der Waals surface area contributed by atoms with Crippen molar-refractivity contribution in [1.82, 2.24) is 4.98 Å². The number of para-hydroxylation sites is 1. The van der Waals surface area contributed by atoms with Gasteiger partial charge >= 0.3 is 0 Å². The molecule has 0 bridgehead atoms. The lowest BCUT2D eigenvalue weighted by atomic mass is 9.90. The predicted octanol–water partition coefficient (Wildman–Crippen LogP) is 14.9. The first-order chi connectivity index (χ1) is 27.8. The predicted molar refractivity (Wildman–Crippen MR) is 235 cm³/mol. The van der Waals surface area contributed by atoms with E-state index in [4.69, 9.17) is 9.40 Å². The monoisotopic (exact) mass is 714 g/mol. The molecule has 1 heterocycles. The molecule has 11 rings (SSSR count). The molecule has 0 fully saturated rings. The summed E-state index contributed by atoms with van der Waals surface area (Å²) < 4.78 is 6.61. The molecular formula is C53H34N2O. The largest absolute Gasteiger partial charge is 0.435 e. The molecule has 0 saturated heterocycles. The van der Waals surface area contributed by atoms with E-state index in [1.807, 2.05) is 30.3 Å². The van der Waals surface area contributed by atoms with Gasteiger partial charge in [0.25, 0.3) is 0 Å². The van der Waals surface area contributed by atoms with Gasteiger partial charge in [-0.25, -0.2) is 4.98 Å². The van der Waals surface area contributed by atoms with E-state index >= 15 is 0 Å². The summed E-state index contributed by atoms with van der Waals surface area (Å²) >= 11 is 0. The summed E-state index contributed by atoms with van der Waals surface area (Å²) in [5.41, 5.74) is 10.7. The Kier molecular flexibility index (Phi) is 7.49. The van der Waals surface area contributed by atoms with Gasteiger partial charge in [0.1, 0.15) is 5.52 Å². The van der Waals surface area contributed by atoms with E-state index in [0.717, 1.165) is 55.4 Å². The maximum atomic E-state index is 6.61. The number of fused-ring (bicyclic) bond motifs is 8. The number of hydrogen-bond donors (Lipinski definition) is 0. The molecule has 262 valence electrons. The van der Waals surface area contributed by atoms with Gasteiger partial charge in [-0.2, -0.15) is 0 Å². The Morgan fingerprint density at radius 2 is 0.964 bits per heavy atom. The average Bonchev–Trinajstić information content (AvgIpc) is 3.72. The van der Waals surface area contributed by atoms with Crippen LogP contribution >= 0.6 is 0 Å². The molecule has 56 heavy (non-hydrogen) atoms. The number of rotatable bonds is 6. The second-order valence-electron chi connectivity index (χ2n) is 14.3. The van der Waals surface area contributed by atoms with Gasteiger partial charge in [0.2, 0.25) is 5.89 Å². The van der Waals surface area contributed by atoms with Gasteiger partial charge in [-0.3, -0.25) is 0 Å². The molecule has 0 amide bonds. The Balaban J connectivity index is 1.11. The van der Waals surface area contributed by atoms with Crippen LogP contribution in [-0.2, 0) is 0 Å². The van der Waals surface area contributed by atoms with E-state index in [1.54, 1.807) is 0 Å². The second kappa shape index (κ2) is 13.1. The molecule has 0 saturated carbocycles. The summed E-state index contributed by atoms with van der Waals surface area (Å²) in [7, 11) is 0. The van der Waals surface area contributed by atoms with Crippen LogP contribution in [0, 0.1) is 0 Å². The average molecular weight is 715 g/mol. The zero-order valence-corrected chi connectivity index (χ0v) is 30.4. The molecule has 3 nitrogen and oxygen atoms in total. The molecule has 1 aromatic heterocycles. The summed E-state index contributed by atoms with van der Waals surface area (Å²) in [6.45, 7) is 0. The number of anilines is 3. The van der Waals surface area contributed by atoms with E-state index < -0.39 is 0 Å². The topological polar surface area (TPSA) is 29.3 Å². The first kappa shape index (κ1) is 32.0. The van der Waals surface area contributed by atoms with Crippen LogP contribution in [0.1, 0.15) is 0 Å². The number of hydrogen-bond acceptors (Lipinski definition) is 3. The summed E-state index contributed by atoms with van der Waals surface area (Å²) in [6.07, 6.45) is 0. The Morgan fingerprint density at radius 3 is 1.73 bits per heavy atom. The number of nitrogens with zero attached hydrogens (tertiary/aromatic N) is 2. The van der Waals surface area contributed by atoms with Crippen molar-refractivity contribution < 1.29 is 4.42 Å². The Bertz CT molecular complexity index is 3240. The molecule has 11 aromatic rings. The van der Waals surface area contributed by atoms with Crippen molar-refractivity contribution in [3.8, 4) is 33.7 Å². The fourth-order valence-electron chi connectivity index (χ4n) is 8.50. The molecule has 10 aromatic carbocycles. The summed E-state index contributed by atoms with van der Waals surface area (Å²) in [6, 6.07) is 73.5. The zero-order chi connectivity index (χ0) is 37.0. The van der Waals surface area contributed by atoms with Crippen molar-refractivity contribution in [2.24, 2.45) is 0 Å². The lowest BCUT2D eigenvalue weighted by Gasteiger charge is -2.28. The molecule has 3 heteroatoms. The van der Waals surface area contributed by atoms with Crippen LogP contribution in [0.2, 0.25) is 0 Å². The van der Waals surface area contributed by atoms with Crippen molar-refractivity contribution in [3.05, 3.63) is 206 Å². The molecule has 0 aliphatic heterocycles. The summed E-state index contributed by atoms with van der Waals surface area (Å²) in [5, 5.41) is 9.34. The minimum Gasteiger partial charge on any atom is -0.435 e. The fraction of sp³-hybridized carbons (Fsp3) is 0. The van der Waals surface area contributed by atoms with E-state index in [-0.39, 0.29) is 0 Å². The van der Waals surface area contributed by atoms with Crippen LogP contribution in [-0.4, -0.2) is 4.98 Å². The lowest BCUT2D eigenvalue weighted by molar-refractivity contribution is 0.623. The van der Waals surface area contributed by atoms with Gasteiger partial charge in [0, 0.05) is 33.1 Å². The van der Waals surface area contributed by atoms with Crippen LogP contribution in [0.15, 0.2) is 211 Å². The maximum Gasteiger partial charge on any atom is 0.227 e. The number of aromatic nitrogens is 1. The summed E-state index contributed by atoms with van der Waals surface area (Å²) in [4.78, 5) is 7.32. The van der Waals surface area contributed by atoms with Crippen molar-refractivity contribution in [1.29, 1.82) is 0 Å². The standard InChI is InChI=1S/C53H34N2O/c1-4-15-35(16-5-1)42-30-32-49(45-25-12-10-23-43(42)45)55(40-20-8-3-9-21-40)41-22-14-19-38(33-41)47-34-39-28-27-36-29-31-48-52(56-53(54-48)37-17-6-2-7-18-37)51(36)50(39)46-26-13-11-24-44(46)47/h1-34H. The molecule has 0 atom stereocenters. The van der Waals surface area contributed by atoms with E-state index in [2.05, 4.69) is 181 Å². The first-order valence-corrected chi connectivity index (χ1v) is 19.0. The molecular weight excluding hydrogens is 681 g/mol. The van der Waals surface area contributed by atoms with E-state index in [0.29, 0.717) is 5.89 Å². The van der Waals surface area contributed by atoms with Crippen molar-refractivity contribution in [2.75, 3.05) is 4.90 Å². The normalized spacial score (nSPS) is 11.6. The summed E-state index contributed by atoms with van der Waals surface area (Å²) in [5.74, 6) is 0.633. The van der Waals surface area contributed by atoms with Crippen molar-refractivity contribution >= 4 is 71.3 Å². The van der Waals surface area contributed by atoms with Crippen molar-refractivity contribution in [3.63, 3.8) is 0 Å². The Hall–Kier alpha value is -7.49. The van der Waals surface area contributed by atoms with Gasteiger partial charge < -0.3 is 9.32 Å².